The van der Waals surface area contributed by atoms with Crippen molar-refractivity contribution < 1.29 is 31.4 Å². The third kappa shape index (κ3) is 2.43. The molecule has 0 amide bonds. The van der Waals surface area contributed by atoms with Crippen LogP contribution in [0.4, 0.5) is 26.3 Å². The van der Waals surface area contributed by atoms with Crippen LogP contribution in [-0.4, -0.2) is 23.1 Å². The van der Waals surface area contributed by atoms with Crippen molar-refractivity contribution in [2.45, 2.75) is 44.1 Å². The molecule has 1 aliphatic carbocycles. The van der Waals surface area contributed by atoms with Crippen molar-refractivity contribution in [1.29, 1.82) is 0 Å². The van der Waals surface area contributed by atoms with Gasteiger partial charge >= 0.3 is 12.4 Å². The quantitative estimate of drug-likeness (QED) is 0.565. The van der Waals surface area contributed by atoms with E-state index in [2.05, 4.69) is 0 Å². The Morgan fingerprint density at radius 3 is 1.88 bits per heavy atom. The maximum absolute atomic E-state index is 12.5. The van der Waals surface area contributed by atoms with E-state index in [0.717, 1.165) is 5.57 Å². The highest BCUT2D eigenvalue weighted by molar-refractivity contribution is 5.09. The van der Waals surface area contributed by atoms with Gasteiger partial charge in [0.2, 0.25) is 0 Å². The van der Waals surface area contributed by atoms with Crippen LogP contribution in [0, 0.1) is 5.92 Å². The summed E-state index contributed by atoms with van der Waals surface area (Å²) in [5, 5.41) is 9.12. The van der Waals surface area contributed by atoms with Crippen LogP contribution >= 0.6 is 0 Å². The molecule has 0 bridgehead atoms. The number of aliphatic hydroxyl groups is 1. The Hall–Kier alpha value is -0.720. The third-order valence-electron chi connectivity index (χ3n) is 3.09. The second-order valence-electron chi connectivity index (χ2n) is 4.28. The van der Waals surface area contributed by atoms with Crippen LogP contribution in [0.25, 0.3) is 0 Å². The van der Waals surface area contributed by atoms with Crippen LogP contribution in [0.2, 0.25) is 0 Å². The molecule has 0 heterocycles. The van der Waals surface area contributed by atoms with Gasteiger partial charge in [-0.1, -0.05) is 11.6 Å². The maximum atomic E-state index is 12.5. The smallest absolute Gasteiger partial charge is 0.373 e. The first-order valence-electron chi connectivity index (χ1n) is 5.01. The minimum Gasteiger partial charge on any atom is -0.373 e. The van der Waals surface area contributed by atoms with Crippen molar-refractivity contribution in [3.8, 4) is 0 Å². The molecule has 0 spiro atoms. The standard InChI is InChI=1S/C10H12F6O/c1-6-2-4-7(5-3-6)8(17,9(11,12)13)10(14,15)16/h2,7,17H,3-5H2,1H3/t7-/m0/s1. The fourth-order valence-electron chi connectivity index (χ4n) is 1.97. The lowest BCUT2D eigenvalue weighted by Crippen LogP contribution is -2.61. The average Bonchev–Trinajstić information content (AvgIpc) is 2.14. The Morgan fingerprint density at radius 1 is 1.12 bits per heavy atom. The van der Waals surface area contributed by atoms with Gasteiger partial charge in [-0.2, -0.15) is 26.3 Å². The Balaban J connectivity index is 3.10. The summed E-state index contributed by atoms with van der Waals surface area (Å²) in [4.78, 5) is 0. The molecular weight excluding hydrogens is 250 g/mol. The Kier molecular flexibility index (Phi) is 3.53. The topological polar surface area (TPSA) is 20.2 Å². The van der Waals surface area contributed by atoms with Gasteiger partial charge in [-0.15, -0.1) is 0 Å². The molecule has 0 radical (unpaired) electrons. The molecule has 0 saturated heterocycles. The average molecular weight is 262 g/mol. The Bertz CT molecular complexity index is 300. The summed E-state index contributed by atoms with van der Waals surface area (Å²) in [6.07, 6.45) is -10.7. The van der Waals surface area contributed by atoms with E-state index >= 15 is 0 Å². The number of hydrogen-bond donors (Lipinski definition) is 1. The summed E-state index contributed by atoms with van der Waals surface area (Å²) >= 11 is 0. The van der Waals surface area contributed by atoms with Crippen LogP contribution in [0.3, 0.4) is 0 Å². The van der Waals surface area contributed by atoms with E-state index < -0.39 is 30.3 Å². The van der Waals surface area contributed by atoms with E-state index in [1.165, 1.54) is 6.08 Å². The summed E-state index contributed by atoms with van der Waals surface area (Å²) in [6.45, 7) is 1.64. The number of halogens is 6. The zero-order valence-electron chi connectivity index (χ0n) is 8.99. The van der Waals surface area contributed by atoms with Crippen molar-refractivity contribution in [2.24, 2.45) is 5.92 Å². The highest BCUT2D eigenvalue weighted by Crippen LogP contribution is 2.51. The summed E-state index contributed by atoms with van der Waals surface area (Å²) in [7, 11) is 0. The summed E-state index contributed by atoms with van der Waals surface area (Å²) in [5.74, 6) is -1.87. The number of hydrogen-bond acceptors (Lipinski definition) is 1. The second-order valence-corrected chi connectivity index (χ2v) is 4.28. The molecule has 0 saturated carbocycles. The number of allylic oxidation sites excluding steroid dienone is 2. The lowest BCUT2D eigenvalue weighted by Gasteiger charge is -2.39. The van der Waals surface area contributed by atoms with Crippen molar-refractivity contribution in [2.75, 3.05) is 0 Å². The Morgan fingerprint density at radius 2 is 1.59 bits per heavy atom. The van der Waals surface area contributed by atoms with Crippen LogP contribution in [0.1, 0.15) is 26.2 Å². The first-order valence-corrected chi connectivity index (χ1v) is 5.01. The fraction of sp³-hybridized carbons (Fsp3) is 0.800. The van der Waals surface area contributed by atoms with Gasteiger partial charge < -0.3 is 5.11 Å². The molecule has 1 nitrogen and oxygen atoms in total. The highest BCUT2D eigenvalue weighted by atomic mass is 19.4. The van der Waals surface area contributed by atoms with E-state index in [0.29, 0.717) is 0 Å². The predicted octanol–water partition coefficient (Wildman–Crippen LogP) is 3.59. The van der Waals surface area contributed by atoms with Gasteiger partial charge in [0.1, 0.15) is 0 Å². The van der Waals surface area contributed by atoms with E-state index in [-0.39, 0.29) is 12.8 Å². The molecule has 1 aliphatic rings. The normalized spacial score (nSPS) is 23.5. The minimum absolute atomic E-state index is 0.138. The number of rotatable bonds is 1. The SMILES string of the molecule is CC1=CC[C@H](C(O)(C(F)(F)F)C(F)(F)F)CC1. The van der Waals surface area contributed by atoms with Crippen LogP contribution < -0.4 is 0 Å². The fourth-order valence-corrected chi connectivity index (χ4v) is 1.97. The van der Waals surface area contributed by atoms with E-state index in [1.807, 2.05) is 0 Å². The van der Waals surface area contributed by atoms with E-state index in [9.17, 15) is 26.3 Å². The molecule has 7 heteroatoms. The van der Waals surface area contributed by atoms with Crippen molar-refractivity contribution >= 4 is 0 Å². The zero-order chi connectivity index (χ0) is 13.5. The van der Waals surface area contributed by atoms with Gasteiger partial charge in [0, 0.05) is 5.92 Å². The third-order valence-corrected chi connectivity index (χ3v) is 3.09. The molecule has 1 rings (SSSR count). The molecule has 17 heavy (non-hydrogen) atoms. The second kappa shape index (κ2) is 4.19. The molecule has 0 aromatic carbocycles. The number of alkyl halides is 6. The maximum Gasteiger partial charge on any atom is 0.426 e. The van der Waals surface area contributed by atoms with E-state index in [1.54, 1.807) is 6.92 Å². The Labute approximate surface area is 94.1 Å². The highest BCUT2D eigenvalue weighted by Gasteiger charge is 2.73. The lowest BCUT2D eigenvalue weighted by atomic mass is 9.76. The minimum atomic E-state index is -5.71. The molecule has 0 aromatic heterocycles. The van der Waals surface area contributed by atoms with Crippen molar-refractivity contribution in [3.63, 3.8) is 0 Å². The molecule has 1 N–H and O–H groups in total. The molecule has 0 aromatic rings. The zero-order valence-corrected chi connectivity index (χ0v) is 8.99. The molecule has 100 valence electrons. The lowest BCUT2D eigenvalue weighted by molar-refractivity contribution is -0.385. The van der Waals surface area contributed by atoms with E-state index in [4.69, 9.17) is 5.11 Å². The molecular formula is C10H12F6O. The largest absolute Gasteiger partial charge is 0.426 e. The summed E-state index contributed by atoms with van der Waals surface area (Å²) in [6, 6.07) is 0. The van der Waals surface area contributed by atoms with Crippen LogP contribution in [0.5, 0.6) is 0 Å². The van der Waals surface area contributed by atoms with Gasteiger partial charge in [0.15, 0.2) is 0 Å². The summed E-state index contributed by atoms with van der Waals surface area (Å²) in [5.41, 5.74) is -3.87. The van der Waals surface area contributed by atoms with Crippen molar-refractivity contribution in [1.82, 2.24) is 0 Å². The molecule has 0 fully saturated rings. The van der Waals surface area contributed by atoms with Gasteiger partial charge in [0.25, 0.3) is 5.60 Å². The monoisotopic (exact) mass is 262 g/mol. The van der Waals surface area contributed by atoms with Crippen molar-refractivity contribution in [3.05, 3.63) is 11.6 Å². The summed E-state index contributed by atoms with van der Waals surface area (Å²) < 4.78 is 74.9. The first-order chi connectivity index (χ1) is 7.50. The molecule has 1 atom stereocenters. The predicted molar refractivity (Wildman–Crippen MR) is 48.2 cm³/mol. The molecule has 0 unspecified atom stereocenters. The molecule has 0 aliphatic heterocycles. The van der Waals surface area contributed by atoms with Crippen LogP contribution in [-0.2, 0) is 0 Å². The van der Waals surface area contributed by atoms with Gasteiger partial charge in [-0.3, -0.25) is 0 Å². The van der Waals surface area contributed by atoms with Gasteiger partial charge in [0.05, 0.1) is 0 Å². The first kappa shape index (κ1) is 14.3. The van der Waals surface area contributed by atoms with Gasteiger partial charge in [-0.25, -0.2) is 0 Å². The van der Waals surface area contributed by atoms with Crippen LogP contribution in [0.15, 0.2) is 11.6 Å². The van der Waals surface area contributed by atoms with Gasteiger partial charge in [-0.05, 0) is 26.2 Å².